The maximum Gasteiger partial charge on any atom is 0.339 e. The summed E-state index contributed by atoms with van der Waals surface area (Å²) < 4.78 is 20.5. The van der Waals surface area contributed by atoms with Crippen molar-refractivity contribution in [3.05, 3.63) is 59.7 Å². The first kappa shape index (κ1) is 31.2. The summed E-state index contributed by atoms with van der Waals surface area (Å²) in [5.41, 5.74) is 0.706. The molecule has 0 saturated heterocycles. The van der Waals surface area contributed by atoms with Crippen molar-refractivity contribution < 1.29 is 38.1 Å². The zero-order chi connectivity index (χ0) is 27.1. The first-order valence-electron chi connectivity index (χ1n) is 11.4. The van der Waals surface area contributed by atoms with Crippen molar-refractivity contribution in [1.29, 1.82) is 0 Å². The molecular formula is C26H32Cl2O8. The maximum absolute atomic E-state index is 12.5. The summed E-state index contributed by atoms with van der Waals surface area (Å²) in [6.07, 6.45) is 1.88. The van der Waals surface area contributed by atoms with Crippen molar-refractivity contribution in [2.24, 2.45) is 0 Å². The number of benzene rings is 1. The van der Waals surface area contributed by atoms with E-state index in [1.807, 2.05) is 0 Å². The minimum atomic E-state index is -0.719. The number of esters is 4. The minimum Gasteiger partial charge on any atom is -0.462 e. The average molecular weight is 543 g/mol. The Morgan fingerprint density at radius 3 is 1.42 bits per heavy atom. The predicted octanol–water partition coefficient (Wildman–Crippen LogP) is 5.01. The van der Waals surface area contributed by atoms with Gasteiger partial charge in [-0.2, -0.15) is 0 Å². The number of alkyl halides is 2. The fourth-order valence-corrected chi connectivity index (χ4v) is 3.11. The summed E-state index contributed by atoms with van der Waals surface area (Å²) in [7, 11) is 0. The third-order valence-electron chi connectivity index (χ3n) is 4.64. The Balaban J connectivity index is 2.46. The van der Waals surface area contributed by atoms with Crippen LogP contribution in [0, 0.1) is 0 Å². The SMILES string of the molecule is C=C(C)C(=O)OCCCC(Cl)COC(=O)c1ccccc1C(=O)OCC(Cl)CCCOC(=O)C(=C)C. The summed E-state index contributed by atoms with van der Waals surface area (Å²) in [5.74, 6) is -2.38. The molecule has 0 saturated carbocycles. The Hall–Kier alpha value is -2.84. The first-order valence-corrected chi connectivity index (χ1v) is 12.3. The predicted molar refractivity (Wildman–Crippen MR) is 136 cm³/mol. The lowest BCUT2D eigenvalue weighted by Crippen LogP contribution is -2.20. The summed E-state index contributed by atoms with van der Waals surface area (Å²) >= 11 is 12.4. The first-order chi connectivity index (χ1) is 17.0. The highest BCUT2D eigenvalue weighted by Gasteiger charge is 2.21. The van der Waals surface area contributed by atoms with E-state index in [-0.39, 0.29) is 37.6 Å². The van der Waals surface area contributed by atoms with Crippen LogP contribution >= 0.6 is 23.2 Å². The van der Waals surface area contributed by atoms with E-state index in [9.17, 15) is 19.2 Å². The number of hydrogen-bond acceptors (Lipinski definition) is 8. The molecule has 2 atom stereocenters. The molecule has 0 aliphatic rings. The third kappa shape index (κ3) is 12.2. The van der Waals surface area contributed by atoms with E-state index in [0.717, 1.165) is 0 Å². The second kappa shape index (κ2) is 16.8. The molecule has 0 heterocycles. The van der Waals surface area contributed by atoms with Gasteiger partial charge in [-0.1, -0.05) is 25.3 Å². The Kier molecular flexibility index (Phi) is 14.5. The van der Waals surface area contributed by atoms with Gasteiger partial charge in [0, 0.05) is 11.1 Å². The van der Waals surface area contributed by atoms with Gasteiger partial charge in [0.2, 0.25) is 0 Å². The summed E-state index contributed by atoms with van der Waals surface area (Å²) in [4.78, 5) is 47.8. The van der Waals surface area contributed by atoms with E-state index in [2.05, 4.69) is 13.2 Å². The lowest BCUT2D eigenvalue weighted by Gasteiger charge is -2.14. The molecule has 0 fully saturated rings. The van der Waals surface area contributed by atoms with Gasteiger partial charge in [-0.15, -0.1) is 23.2 Å². The van der Waals surface area contributed by atoms with Crippen LogP contribution < -0.4 is 0 Å². The molecule has 0 spiro atoms. The maximum atomic E-state index is 12.5. The van der Waals surface area contributed by atoms with Crippen molar-refractivity contribution in [2.45, 2.75) is 50.3 Å². The van der Waals surface area contributed by atoms with E-state index in [0.29, 0.717) is 36.8 Å². The van der Waals surface area contributed by atoms with Crippen molar-refractivity contribution in [3.8, 4) is 0 Å². The Labute approximate surface area is 221 Å². The monoisotopic (exact) mass is 542 g/mol. The van der Waals surface area contributed by atoms with Crippen molar-refractivity contribution in [1.82, 2.24) is 0 Å². The van der Waals surface area contributed by atoms with Gasteiger partial charge >= 0.3 is 23.9 Å². The molecule has 8 nitrogen and oxygen atoms in total. The fraction of sp³-hybridized carbons (Fsp3) is 0.462. The summed E-state index contributed by atoms with van der Waals surface area (Å²) in [5, 5.41) is -0.994. The Bertz CT molecular complexity index is 869. The van der Waals surface area contributed by atoms with Crippen LogP contribution in [0.4, 0.5) is 0 Å². The van der Waals surface area contributed by atoms with E-state index >= 15 is 0 Å². The second-order valence-corrected chi connectivity index (χ2v) is 9.29. The van der Waals surface area contributed by atoms with Crippen LogP contribution in [0.3, 0.4) is 0 Å². The Morgan fingerprint density at radius 2 is 1.08 bits per heavy atom. The van der Waals surface area contributed by atoms with Gasteiger partial charge in [-0.25, -0.2) is 19.2 Å². The lowest BCUT2D eigenvalue weighted by atomic mass is 10.1. The topological polar surface area (TPSA) is 105 Å². The van der Waals surface area contributed by atoms with Gasteiger partial charge in [0.25, 0.3) is 0 Å². The largest absolute Gasteiger partial charge is 0.462 e. The highest BCUT2D eigenvalue weighted by molar-refractivity contribution is 6.21. The van der Waals surface area contributed by atoms with Gasteiger partial charge in [0.05, 0.1) is 35.1 Å². The Morgan fingerprint density at radius 1 is 0.722 bits per heavy atom. The molecule has 0 aromatic heterocycles. The van der Waals surface area contributed by atoms with Gasteiger partial charge in [0.15, 0.2) is 0 Å². The third-order valence-corrected chi connectivity index (χ3v) is 5.33. The van der Waals surface area contributed by atoms with Crippen molar-refractivity contribution in [3.63, 3.8) is 0 Å². The molecule has 0 aliphatic heterocycles. The molecule has 0 aliphatic carbocycles. The highest BCUT2D eigenvalue weighted by Crippen LogP contribution is 2.15. The molecule has 198 valence electrons. The molecule has 0 N–H and O–H groups in total. The average Bonchev–Trinajstić information content (AvgIpc) is 2.85. The van der Waals surface area contributed by atoms with Crippen LogP contribution in [-0.2, 0) is 28.5 Å². The molecule has 0 amide bonds. The van der Waals surface area contributed by atoms with Crippen molar-refractivity contribution >= 4 is 47.1 Å². The van der Waals surface area contributed by atoms with E-state index in [1.165, 1.54) is 12.1 Å². The van der Waals surface area contributed by atoms with E-state index in [1.54, 1.807) is 26.0 Å². The second-order valence-electron chi connectivity index (χ2n) is 8.05. The standard InChI is InChI=1S/C26H32Cl2O8/c1-17(2)23(29)33-13-7-9-19(27)15-35-25(31)21-11-5-6-12-22(21)26(32)36-16-20(28)10-8-14-34-24(30)18(3)4/h5-6,11-12,19-20H,1,3,7-10,13-16H2,2,4H3. The smallest absolute Gasteiger partial charge is 0.339 e. The van der Waals surface area contributed by atoms with Crippen LogP contribution in [0.25, 0.3) is 0 Å². The number of carbonyl (C=O) groups excluding carboxylic acids is 4. The molecule has 36 heavy (non-hydrogen) atoms. The van der Waals surface area contributed by atoms with Gasteiger partial charge < -0.3 is 18.9 Å². The molecule has 10 heteroatoms. The van der Waals surface area contributed by atoms with Gasteiger partial charge in [0.1, 0.15) is 13.2 Å². The number of ether oxygens (including phenoxy) is 4. The van der Waals surface area contributed by atoms with Crippen LogP contribution in [0.15, 0.2) is 48.6 Å². The molecule has 0 bridgehead atoms. The molecule has 1 aromatic carbocycles. The summed E-state index contributed by atoms with van der Waals surface area (Å²) in [6, 6.07) is 6.09. The van der Waals surface area contributed by atoms with Crippen LogP contribution in [0.2, 0.25) is 0 Å². The number of carbonyl (C=O) groups is 4. The van der Waals surface area contributed by atoms with E-state index in [4.69, 9.17) is 42.1 Å². The van der Waals surface area contributed by atoms with Gasteiger partial charge in [-0.3, -0.25) is 0 Å². The van der Waals surface area contributed by atoms with Gasteiger partial charge in [-0.05, 0) is 51.7 Å². The van der Waals surface area contributed by atoms with Crippen LogP contribution in [0.5, 0.6) is 0 Å². The zero-order valence-corrected chi connectivity index (χ0v) is 22.1. The molecular weight excluding hydrogens is 511 g/mol. The molecule has 1 aromatic rings. The minimum absolute atomic E-state index is 0.0413. The molecule has 2 unspecified atom stereocenters. The normalized spacial score (nSPS) is 12.1. The van der Waals surface area contributed by atoms with Crippen LogP contribution in [0.1, 0.15) is 60.2 Å². The van der Waals surface area contributed by atoms with Crippen LogP contribution in [-0.4, -0.2) is 61.1 Å². The quantitative estimate of drug-likeness (QED) is 0.0942. The van der Waals surface area contributed by atoms with E-state index < -0.39 is 34.6 Å². The molecule has 0 radical (unpaired) electrons. The number of rotatable bonds is 16. The van der Waals surface area contributed by atoms with Crippen molar-refractivity contribution in [2.75, 3.05) is 26.4 Å². The fourth-order valence-electron chi connectivity index (χ4n) is 2.68. The molecule has 1 rings (SSSR count). The number of hydrogen-bond donors (Lipinski definition) is 0. The zero-order valence-electron chi connectivity index (χ0n) is 20.6. The lowest BCUT2D eigenvalue weighted by molar-refractivity contribution is -0.139. The summed E-state index contributed by atoms with van der Waals surface area (Å²) in [6.45, 7) is 10.3. The number of halogens is 2. The highest BCUT2D eigenvalue weighted by atomic mass is 35.5.